The molecule has 1 aromatic carbocycles. The van der Waals surface area contributed by atoms with Crippen molar-refractivity contribution in [2.45, 2.75) is 5.16 Å². The number of carbonyl (C=O) groups excluding carboxylic acids is 1. The molecule has 1 amide bonds. The summed E-state index contributed by atoms with van der Waals surface area (Å²) in [5.41, 5.74) is 0.120. The molecule has 19 heavy (non-hydrogen) atoms. The molecule has 0 saturated carbocycles. The molecule has 0 atom stereocenters. The van der Waals surface area contributed by atoms with Crippen molar-refractivity contribution >= 4 is 35.0 Å². The first-order chi connectivity index (χ1) is 9.06. The van der Waals surface area contributed by atoms with Crippen molar-refractivity contribution in [3.63, 3.8) is 0 Å². The minimum absolute atomic E-state index is 0.120. The van der Waals surface area contributed by atoms with E-state index in [1.165, 1.54) is 23.9 Å². The number of aromatic nitrogens is 2. The van der Waals surface area contributed by atoms with Gasteiger partial charge in [-0.15, -0.1) is 0 Å². The van der Waals surface area contributed by atoms with Crippen LogP contribution in [0.15, 0.2) is 35.7 Å². The van der Waals surface area contributed by atoms with Crippen LogP contribution >= 0.6 is 23.4 Å². The smallest absolute Gasteiger partial charge is 0.234 e. The first kappa shape index (κ1) is 13.9. The zero-order chi connectivity index (χ0) is 13.8. The van der Waals surface area contributed by atoms with Gasteiger partial charge in [0.15, 0.2) is 5.16 Å². The number of imidazole rings is 1. The van der Waals surface area contributed by atoms with Crippen LogP contribution in [0.25, 0.3) is 0 Å². The number of rotatable bonds is 4. The molecular weight excluding hydrogens is 289 g/mol. The highest BCUT2D eigenvalue weighted by Crippen LogP contribution is 2.20. The van der Waals surface area contributed by atoms with Gasteiger partial charge in [-0.2, -0.15) is 0 Å². The predicted octanol–water partition coefficient (Wildman–Crippen LogP) is 2.94. The van der Waals surface area contributed by atoms with E-state index in [1.54, 1.807) is 17.0 Å². The van der Waals surface area contributed by atoms with Crippen LogP contribution in [0.5, 0.6) is 0 Å². The molecule has 1 N–H and O–H groups in total. The number of anilines is 1. The van der Waals surface area contributed by atoms with Gasteiger partial charge in [0.25, 0.3) is 0 Å². The van der Waals surface area contributed by atoms with Crippen LogP contribution in [-0.4, -0.2) is 21.2 Å². The molecule has 0 aliphatic rings. The number of amides is 1. The number of aryl methyl sites for hydroxylation is 1. The summed E-state index contributed by atoms with van der Waals surface area (Å²) >= 11 is 6.91. The number of halogens is 2. The number of nitrogens with zero attached hydrogens (tertiary/aromatic N) is 2. The maximum absolute atomic E-state index is 13.5. The Morgan fingerprint density at radius 2 is 2.37 bits per heavy atom. The maximum atomic E-state index is 13.5. The molecule has 0 bridgehead atoms. The molecule has 2 rings (SSSR count). The molecule has 4 nitrogen and oxygen atoms in total. The van der Waals surface area contributed by atoms with E-state index in [4.69, 9.17) is 11.6 Å². The molecular formula is C12H11ClFN3OS. The summed E-state index contributed by atoms with van der Waals surface area (Å²) in [6.07, 6.45) is 3.44. The summed E-state index contributed by atoms with van der Waals surface area (Å²) in [4.78, 5) is 15.8. The van der Waals surface area contributed by atoms with E-state index in [0.29, 0.717) is 0 Å². The lowest BCUT2D eigenvalue weighted by atomic mass is 10.3. The Hall–Kier alpha value is -1.53. The van der Waals surface area contributed by atoms with Gasteiger partial charge < -0.3 is 9.88 Å². The molecule has 0 saturated heterocycles. The van der Waals surface area contributed by atoms with E-state index >= 15 is 0 Å². The lowest BCUT2D eigenvalue weighted by Crippen LogP contribution is -2.15. The van der Waals surface area contributed by atoms with Gasteiger partial charge in [0.1, 0.15) is 5.82 Å². The van der Waals surface area contributed by atoms with Gasteiger partial charge in [0.05, 0.1) is 11.4 Å². The van der Waals surface area contributed by atoms with Crippen LogP contribution in [-0.2, 0) is 11.8 Å². The fourth-order valence-electron chi connectivity index (χ4n) is 1.40. The first-order valence-electron chi connectivity index (χ1n) is 5.41. The average Bonchev–Trinajstić information content (AvgIpc) is 2.76. The van der Waals surface area contributed by atoms with Crippen molar-refractivity contribution in [1.29, 1.82) is 0 Å². The van der Waals surface area contributed by atoms with Gasteiger partial charge in [-0.1, -0.05) is 23.4 Å². The van der Waals surface area contributed by atoms with E-state index < -0.39 is 5.82 Å². The third kappa shape index (κ3) is 3.71. The maximum Gasteiger partial charge on any atom is 0.234 e. The zero-order valence-electron chi connectivity index (χ0n) is 10.1. The molecule has 0 spiro atoms. The van der Waals surface area contributed by atoms with E-state index in [0.717, 1.165) is 11.2 Å². The fraction of sp³-hybridized carbons (Fsp3) is 0.167. The third-order valence-electron chi connectivity index (χ3n) is 2.31. The second kappa shape index (κ2) is 6.08. The van der Waals surface area contributed by atoms with Gasteiger partial charge >= 0.3 is 0 Å². The zero-order valence-corrected chi connectivity index (χ0v) is 11.6. The molecule has 0 radical (unpaired) electrons. The first-order valence-corrected chi connectivity index (χ1v) is 6.77. The van der Waals surface area contributed by atoms with E-state index in [1.807, 2.05) is 7.05 Å². The topological polar surface area (TPSA) is 46.9 Å². The molecule has 0 aliphatic heterocycles. The summed E-state index contributed by atoms with van der Waals surface area (Å²) in [6, 6.07) is 4.11. The second-order valence-corrected chi connectivity index (χ2v) is 5.16. The van der Waals surface area contributed by atoms with Gasteiger partial charge in [-0.05, 0) is 18.2 Å². The van der Waals surface area contributed by atoms with E-state index in [-0.39, 0.29) is 22.4 Å². The molecule has 100 valence electrons. The SMILES string of the molecule is Cn1ccnc1SCC(=O)Nc1ccc(Cl)cc1F. The highest BCUT2D eigenvalue weighted by Gasteiger charge is 2.09. The number of hydrogen-bond acceptors (Lipinski definition) is 3. The lowest BCUT2D eigenvalue weighted by molar-refractivity contribution is -0.113. The van der Waals surface area contributed by atoms with Crippen LogP contribution in [0.3, 0.4) is 0 Å². The highest BCUT2D eigenvalue weighted by molar-refractivity contribution is 7.99. The summed E-state index contributed by atoms with van der Waals surface area (Å²) < 4.78 is 15.3. The normalized spacial score (nSPS) is 10.5. The summed E-state index contributed by atoms with van der Waals surface area (Å²) in [7, 11) is 1.84. The van der Waals surface area contributed by atoms with E-state index in [9.17, 15) is 9.18 Å². The molecule has 2 aromatic rings. The van der Waals surface area contributed by atoms with Gasteiger partial charge in [-0.25, -0.2) is 9.37 Å². The quantitative estimate of drug-likeness (QED) is 0.883. The minimum atomic E-state index is -0.553. The van der Waals surface area contributed by atoms with Crippen LogP contribution in [0.4, 0.5) is 10.1 Å². The lowest BCUT2D eigenvalue weighted by Gasteiger charge is -2.06. The van der Waals surface area contributed by atoms with Crippen LogP contribution in [0.2, 0.25) is 5.02 Å². The summed E-state index contributed by atoms with van der Waals surface area (Å²) in [5.74, 6) is -0.690. The largest absolute Gasteiger partial charge is 0.329 e. The molecule has 7 heteroatoms. The highest BCUT2D eigenvalue weighted by atomic mass is 35.5. The molecule has 0 unspecified atom stereocenters. The Morgan fingerprint density at radius 1 is 1.58 bits per heavy atom. The van der Waals surface area contributed by atoms with Crippen molar-refractivity contribution in [2.75, 3.05) is 11.1 Å². The number of benzene rings is 1. The molecule has 0 aliphatic carbocycles. The Balaban J connectivity index is 1.93. The van der Waals surface area contributed by atoms with Crippen molar-refractivity contribution in [3.8, 4) is 0 Å². The van der Waals surface area contributed by atoms with Crippen molar-refractivity contribution in [2.24, 2.45) is 7.05 Å². The van der Waals surface area contributed by atoms with Crippen molar-refractivity contribution < 1.29 is 9.18 Å². The van der Waals surface area contributed by atoms with Gasteiger partial charge in [0.2, 0.25) is 5.91 Å². The number of thioether (sulfide) groups is 1. The third-order valence-corrected chi connectivity index (χ3v) is 3.61. The fourth-order valence-corrected chi connectivity index (χ4v) is 2.29. The molecule has 1 heterocycles. The van der Waals surface area contributed by atoms with Crippen LogP contribution < -0.4 is 5.32 Å². The standard InChI is InChI=1S/C12H11ClFN3OS/c1-17-5-4-15-12(17)19-7-11(18)16-10-3-2-8(13)6-9(10)14/h2-6H,7H2,1H3,(H,16,18). The number of nitrogens with one attached hydrogen (secondary N) is 1. The molecule has 0 fully saturated rings. The van der Waals surface area contributed by atoms with Crippen LogP contribution in [0.1, 0.15) is 0 Å². The Morgan fingerprint density at radius 3 is 3.00 bits per heavy atom. The number of hydrogen-bond donors (Lipinski definition) is 1. The Kier molecular flexibility index (Phi) is 4.44. The average molecular weight is 300 g/mol. The minimum Gasteiger partial charge on any atom is -0.329 e. The summed E-state index contributed by atoms with van der Waals surface area (Å²) in [6.45, 7) is 0. The van der Waals surface area contributed by atoms with Gasteiger partial charge in [0, 0.05) is 24.5 Å². The molecule has 1 aromatic heterocycles. The summed E-state index contributed by atoms with van der Waals surface area (Å²) in [5, 5.41) is 3.51. The van der Waals surface area contributed by atoms with Crippen molar-refractivity contribution in [3.05, 3.63) is 41.4 Å². The van der Waals surface area contributed by atoms with Gasteiger partial charge in [-0.3, -0.25) is 4.79 Å². The van der Waals surface area contributed by atoms with Crippen molar-refractivity contribution in [1.82, 2.24) is 9.55 Å². The predicted molar refractivity (Wildman–Crippen MR) is 74.0 cm³/mol. The number of carbonyl (C=O) groups is 1. The monoisotopic (exact) mass is 299 g/mol. The second-order valence-electron chi connectivity index (χ2n) is 3.78. The Bertz CT molecular complexity index is 602. The Labute approximate surface area is 119 Å². The van der Waals surface area contributed by atoms with Crippen LogP contribution in [0, 0.1) is 5.82 Å². The van der Waals surface area contributed by atoms with E-state index in [2.05, 4.69) is 10.3 Å².